The van der Waals surface area contributed by atoms with Crippen LogP contribution >= 0.6 is 0 Å². The Bertz CT molecular complexity index is 1430. The van der Waals surface area contributed by atoms with E-state index < -0.39 is 28.4 Å². The first-order chi connectivity index (χ1) is 18.3. The van der Waals surface area contributed by atoms with E-state index in [9.17, 15) is 9.90 Å². The number of carbonyl (C=O) groups is 1. The van der Waals surface area contributed by atoms with E-state index in [1.807, 2.05) is 136 Å². The molecule has 1 saturated heterocycles. The van der Waals surface area contributed by atoms with Crippen molar-refractivity contribution in [2.75, 3.05) is 11.5 Å². The third-order valence-electron chi connectivity index (χ3n) is 7.74. The van der Waals surface area contributed by atoms with E-state index in [1.165, 1.54) is 0 Å². The number of nitrogens with zero attached hydrogens (tertiary/aromatic N) is 1. The van der Waals surface area contributed by atoms with E-state index >= 15 is 0 Å². The largest absolute Gasteiger partial charge is 0.443 e. The third-order valence-corrected chi connectivity index (χ3v) is 7.74. The van der Waals surface area contributed by atoms with Crippen LogP contribution in [0.4, 0.5) is 10.5 Å². The van der Waals surface area contributed by atoms with Crippen molar-refractivity contribution in [2.45, 2.75) is 43.1 Å². The predicted octanol–water partition coefficient (Wildman–Crippen LogP) is 6.50. The van der Waals surface area contributed by atoms with Crippen molar-refractivity contribution < 1.29 is 19.4 Å². The lowest BCUT2D eigenvalue weighted by Crippen LogP contribution is -2.80. The molecule has 2 atom stereocenters. The van der Waals surface area contributed by atoms with Gasteiger partial charge in [0.15, 0.2) is 5.72 Å². The molecule has 192 valence electrons. The highest BCUT2D eigenvalue weighted by Crippen LogP contribution is 2.75. The van der Waals surface area contributed by atoms with Gasteiger partial charge in [-0.15, -0.1) is 0 Å². The molecular formula is C33H31NO4. The zero-order valence-electron chi connectivity index (χ0n) is 21.8. The number of rotatable bonds is 4. The molecule has 2 aliphatic rings. The molecule has 0 saturated carbocycles. The van der Waals surface area contributed by atoms with Gasteiger partial charge in [-0.05, 0) is 43.5 Å². The Morgan fingerprint density at radius 1 is 0.763 bits per heavy atom. The number of fused-ring (bicyclic) bond motifs is 3. The van der Waals surface area contributed by atoms with Crippen molar-refractivity contribution in [3.05, 3.63) is 138 Å². The maximum absolute atomic E-state index is 14.1. The first kappa shape index (κ1) is 24.4. The van der Waals surface area contributed by atoms with E-state index in [2.05, 4.69) is 0 Å². The van der Waals surface area contributed by atoms with Crippen LogP contribution in [0, 0.1) is 0 Å². The van der Waals surface area contributed by atoms with Gasteiger partial charge < -0.3 is 14.6 Å². The number of amides is 1. The molecule has 0 aliphatic carbocycles. The first-order valence-electron chi connectivity index (χ1n) is 12.9. The van der Waals surface area contributed by atoms with E-state index in [4.69, 9.17) is 9.47 Å². The fourth-order valence-electron chi connectivity index (χ4n) is 6.46. The highest BCUT2D eigenvalue weighted by atomic mass is 16.6. The summed E-state index contributed by atoms with van der Waals surface area (Å²) in [5, 5.41) is 11.7. The lowest BCUT2D eigenvalue weighted by atomic mass is 9.51. The minimum atomic E-state index is -1.36. The Balaban J connectivity index is 1.73. The van der Waals surface area contributed by atoms with Gasteiger partial charge in [-0.3, -0.25) is 0 Å². The quantitative estimate of drug-likeness (QED) is 0.344. The second-order valence-electron chi connectivity index (χ2n) is 10.9. The molecule has 4 aromatic rings. The average Bonchev–Trinajstić information content (AvgIpc) is 3.12. The number of ether oxygens (including phenoxy) is 2. The summed E-state index contributed by atoms with van der Waals surface area (Å²) in [5.74, 6) is 0. The Morgan fingerprint density at radius 2 is 1.24 bits per heavy atom. The van der Waals surface area contributed by atoms with Gasteiger partial charge in [-0.1, -0.05) is 109 Å². The van der Waals surface area contributed by atoms with Crippen molar-refractivity contribution in [1.29, 1.82) is 0 Å². The Hall–Kier alpha value is -3.93. The number of para-hydroxylation sites is 1. The molecule has 4 aromatic carbocycles. The Labute approximate surface area is 223 Å². The summed E-state index contributed by atoms with van der Waals surface area (Å²) in [5.41, 5.74) is -0.220. The zero-order chi connectivity index (χ0) is 26.6. The number of aliphatic hydroxyl groups excluding tert-OH is 1. The molecule has 5 nitrogen and oxygen atoms in total. The molecule has 2 heterocycles. The maximum Gasteiger partial charge on any atom is 0.417 e. The van der Waals surface area contributed by atoms with Crippen LogP contribution in [0.3, 0.4) is 0 Å². The Kier molecular flexibility index (Phi) is 5.49. The number of carbonyl (C=O) groups excluding carboxylic acids is 1. The minimum Gasteiger partial charge on any atom is -0.443 e. The highest BCUT2D eigenvalue weighted by Gasteiger charge is 2.84. The number of anilines is 1. The second-order valence-corrected chi connectivity index (χ2v) is 10.9. The lowest BCUT2D eigenvalue weighted by molar-refractivity contribution is -0.341. The van der Waals surface area contributed by atoms with Gasteiger partial charge in [-0.25, -0.2) is 9.69 Å². The van der Waals surface area contributed by atoms with E-state index in [0.29, 0.717) is 5.69 Å². The van der Waals surface area contributed by atoms with Crippen molar-refractivity contribution in [2.24, 2.45) is 0 Å². The molecule has 38 heavy (non-hydrogen) atoms. The number of benzene rings is 4. The Morgan fingerprint density at radius 3 is 1.74 bits per heavy atom. The van der Waals surface area contributed by atoms with Gasteiger partial charge in [0, 0.05) is 5.56 Å². The van der Waals surface area contributed by atoms with Crippen LogP contribution < -0.4 is 4.90 Å². The summed E-state index contributed by atoms with van der Waals surface area (Å²) in [6.07, 6.45) is -0.529. The molecule has 0 aromatic heterocycles. The van der Waals surface area contributed by atoms with Crippen molar-refractivity contribution >= 4 is 11.8 Å². The zero-order valence-corrected chi connectivity index (χ0v) is 21.8. The third kappa shape index (κ3) is 3.03. The first-order valence-corrected chi connectivity index (χ1v) is 12.9. The number of aliphatic hydroxyl groups is 1. The topological polar surface area (TPSA) is 59.0 Å². The summed E-state index contributed by atoms with van der Waals surface area (Å²) >= 11 is 0. The number of hydrogen-bond donors (Lipinski definition) is 1. The van der Waals surface area contributed by atoms with Crippen molar-refractivity contribution in [3.63, 3.8) is 0 Å². The lowest BCUT2D eigenvalue weighted by Gasteiger charge is -2.68. The molecule has 1 fully saturated rings. The molecule has 0 radical (unpaired) electrons. The van der Waals surface area contributed by atoms with Gasteiger partial charge in [0.1, 0.15) is 16.6 Å². The molecule has 0 bridgehead atoms. The van der Waals surface area contributed by atoms with Crippen LogP contribution in [0.5, 0.6) is 0 Å². The summed E-state index contributed by atoms with van der Waals surface area (Å²) in [4.78, 5) is 15.7. The van der Waals surface area contributed by atoms with Crippen molar-refractivity contribution in [1.82, 2.24) is 0 Å². The summed E-state index contributed by atoms with van der Waals surface area (Å²) in [7, 11) is 0. The molecule has 1 amide bonds. The van der Waals surface area contributed by atoms with Crippen LogP contribution in [0.1, 0.15) is 43.0 Å². The number of hydrogen-bond acceptors (Lipinski definition) is 4. The smallest absolute Gasteiger partial charge is 0.417 e. The SMILES string of the molecule is CC(C)(C)OC(=O)N1c2ccccc2[C@@]2(CO)C(c3ccccc3)(c3ccccc3)O[C@@]12c1ccccc1. The van der Waals surface area contributed by atoms with Crippen LogP contribution in [0.25, 0.3) is 0 Å². The van der Waals surface area contributed by atoms with E-state index in [0.717, 1.165) is 22.3 Å². The fourth-order valence-corrected chi connectivity index (χ4v) is 6.46. The average molecular weight is 506 g/mol. The van der Waals surface area contributed by atoms with Gasteiger partial charge in [0.05, 0.1) is 12.3 Å². The van der Waals surface area contributed by atoms with Crippen LogP contribution in [-0.2, 0) is 26.2 Å². The van der Waals surface area contributed by atoms with E-state index in [1.54, 1.807) is 4.90 Å². The highest BCUT2D eigenvalue weighted by molar-refractivity contribution is 5.96. The minimum absolute atomic E-state index is 0.276. The van der Waals surface area contributed by atoms with Crippen LogP contribution in [0.15, 0.2) is 115 Å². The van der Waals surface area contributed by atoms with Crippen LogP contribution in [-0.4, -0.2) is 23.4 Å². The molecule has 1 N–H and O–H groups in total. The second kappa shape index (κ2) is 8.55. The normalized spacial score (nSPS) is 23.2. The van der Waals surface area contributed by atoms with Gasteiger partial charge in [0.2, 0.25) is 0 Å². The molecule has 6 rings (SSSR count). The summed E-state index contributed by atoms with van der Waals surface area (Å²) in [6.45, 7) is 5.27. The van der Waals surface area contributed by atoms with Crippen molar-refractivity contribution in [3.8, 4) is 0 Å². The fraction of sp³-hybridized carbons (Fsp3) is 0.242. The molecule has 0 spiro atoms. The molecule has 5 heteroatoms. The summed E-state index contributed by atoms with van der Waals surface area (Å²) in [6, 6.07) is 37.4. The van der Waals surface area contributed by atoms with Gasteiger partial charge in [-0.2, -0.15) is 0 Å². The van der Waals surface area contributed by atoms with Gasteiger partial charge in [0.25, 0.3) is 0 Å². The van der Waals surface area contributed by atoms with E-state index in [-0.39, 0.29) is 6.61 Å². The molecular weight excluding hydrogens is 474 g/mol. The standard InChI is InChI=1S/C33H31NO4/c1-30(2,3)37-29(36)34-28-22-14-13-21-27(28)31(23-35)32(24-15-7-4-8-16-24,25-17-9-5-10-18-25)38-33(31,34)26-19-11-6-12-20-26/h4-22,35H,23H2,1-3H3/t31-,33+/m0/s1. The predicted molar refractivity (Wildman–Crippen MR) is 147 cm³/mol. The van der Waals surface area contributed by atoms with Crippen LogP contribution in [0.2, 0.25) is 0 Å². The molecule has 0 unspecified atom stereocenters. The van der Waals surface area contributed by atoms with Gasteiger partial charge >= 0.3 is 6.09 Å². The molecule has 2 aliphatic heterocycles. The monoisotopic (exact) mass is 505 g/mol. The maximum atomic E-state index is 14.1. The summed E-state index contributed by atoms with van der Waals surface area (Å²) < 4.78 is 13.3.